The Morgan fingerprint density at radius 3 is 1.94 bits per heavy atom. The second kappa shape index (κ2) is 6.68. The maximum Gasteiger partial charge on any atom is 0.00751 e. The van der Waals surface area contributed by atoms with E-state index in [9.17, 15) is 0 Å². The Labute approximate surface area is 120 Å². The molecular formula is C17H34S. The topological polar surface area (TPSA) is 0 Å². The first kappa shape index (κ1) is 16.4. The predicted octanol–water partition coefficient (Wildman–Crippen LogP) is 6.15. The fourth-order valence-electron chi connectivity index (χ4n) is 3.06. The van der Waals surface area contributed by atoms with E-state index in [1.54, 1.807) is 0 Å². The van der Waals surface area contributed by atoms with Gasteiger partial charge in [0, 0.05) is 4.75 Å². The van der Waals surface area contributed by atoms with E-state index in [-0.39, 0.29) is 0 Å². The van der Waals surface area contributed by atoms with Crippen molar-refractivity contribution in [3.63, 3.8) is 0 Å². The summed E-state index contributed by atoms with van der Waals surface area (Å²) >= 11 is 2.16. The van der Waals surface area contributed by atoms with Gasteiger partial charge >= 0.3 is 0 Å². The zero-order chi connectivity index (χ0) is 13.8. The van der Waals surface area contributed by atoms with Crippen LogP contribution in [-0.2, 0) is 0 Å². The number of thioether (sulfide) groups is 1. The SMILES string of the molecule is CC(C)(C)CC1CCCC(CSC(C)(C)C)CC1. The molecule has 0 saturated heterocycles. The molecule has 1 heteroatoms. The first-order valence-corrected chi connectivity index (χ1v) is 8.78. The van der Waals surface area contributed by atoms with Gasteiger partial charge in [-0.2, -0.15) is 11.8 Å². The minimum atomic E-state index is 0.442. The zero-order valence-corrected chi connectivity index (χ0v) is 14.3. The third-order valence-electron chi connectivity index (χ3n) is 3.86. The number of hydrogen-bond donors (Lipinski definition) is 0. The van der Waals surface area contributed by atoms with E-state index in [1.165, 1.54) is 44.3 Å². The molecule has 0 spiro atoms. The van der Waals surface area contributed by atoms with Crippen LogP contribution in [0.3, 0.4) is 0 Å². The van der Waals surface area contributed by atoms with Crippen molar-refractivity contribution in [2.24, 2.45) is 17.3 Å². The molecule has 1 fully saturated rings. The van der Waals surface area contributed by atoms with E-state index in [2.05, 4.69) is 53.3 Å². The van der Waals surface area contributed by atoms with Crippen LogP contribution in [-0.4, -0.2) is 10.5 Å². The highest BCUT2D eigenvalue weighted by Crippen LogP contribution is 2.37. The highest BCUT2D eigenvalue weighted by Gasteiger charge is 2.24. The first-order chi connectivity index (χ1) is 8.16. The van der Waals surface area contributed by atoms with E-state index in [4.69, 9.17) is 0 Å². The summed E-state index contributed by atoms with van der Waals surface area (Å²) in [5.41, 5.74) is 0.519. The van der Waals surface area contributed by atoms with Crippen molar-refractivity contribution in [2.75, 3.05) is 5.75 Å². The third-order valence-corrected chi connectivity index (χ3v) is 5.37. The summed E-state index contributed by atoms with van der Waals surface area (Å²) in [6.07, 6.45) is 8.80. The van der Waals surface area contributed by atoms with Crippen LogP contribution in [0.4, 0.5) is 0 Å². The minimum absolute atomic E-state index is 0.442. The molecule has 0 aromatic rings. The van der Waals surface area contributed by atoms with Gasteiger partial charge in [0.25, 0.3) is 0 Å². The fourth-order valence-corrected chi connectivity index (χ4v) is 4.13. The smallest absolute Gasteiger partial charge is 0.00751 e. The Kier molecular flexibility index (Phi) is 6.09. The van der Waals surface area contributed by atoms with Gasteiger partial charge in [0.15, 0.2) is 0 Å². The predicted molar refractivity (Wildman–Crippen MR) is 86.3 cm³/mol. The summed E-state index contributed by atoms with van der Waals surface area (Å²) < 4.78 is 0.442. The summed E-state index contributed by atoms with van der Waals surface area (Å²) in [5.74, 6) is 3.36. The average molecular weight is 271 g/mol. The first-order valence-electron chi connectivity index (χ1n) is 7.80. The molecule has 1 rings (SSSR count). The molecule has 0 N–H and O–H groups in total. The van der Waals surface area contributed by atoms with Gasteiger partial charge in [-0.1, -0.05) is 60.8 Å². The van der Waals surface area contributed by atoms with Crippen LogP contribution >= 0.6 is 11.8 Å². The minimum Gasteiger partial charge on any atom is -0.156 e. The summed E-state index contributed by atoms with van der Waals surface area (Å²) in [6, 6.07) is 0. The van der Waals surface area contributed by atoms with Crippen LogP contribution in [0, 0.1) is 17.3 Å². The lowest BCUT2D eigenvalue weighted by atomic mass is 9.81. The Bertz CT molecular complexity index is 231. The second-order valence-electron chi connectivity index (χ2n) is 8.43. The molecule has 108 valence electrons. The molecule has 18 heavy (non-hydrogen) atoms. The van der Waals surface area contributed by atoms with Gasteiger partial charge in [0.1, 0.15) is 0 Å². The van der Waals surface area contributed by atoms with Crippen molar-refractivity contribution in [3.8, 4) is 0 Å². The molecule has 1 aliphatic rings. The lowest BCUT2D eigenvalue weighted by molar-refractivity contribution is 0.271. The summed E-state index contributed by atoms with van der Waals surface area (Å²) in [5, 5.41) is 0. The molecule has 0 bridgehead atoms. The highest BCUT2D eigenvalue weighted by molar-refractivity contribution is 8.00. The molecule has 0 amide bonds. The van der Waals surface area contributed by atoms with Crippen molar-refractivity contribution in [1.29, 1.82) is 0 Å². The van der Waals surface area contributed by atoms with Crippen molar-refractivity contribution in [3.05, 3.63) is 0 Å². The van der Waals surface area contributed by atoms with Crippen molar-refractivity contribution in [1.82, 2.24) is 0 Å². The van der Waals surface area contributed by atoms with Crippen molar-refractivity contribution < 1.29 is 0 Å². The Balaban J connectivity index is 2.33. The van der Waals surface area contributed by atoms with Crippen LogP contribution in [0.2, 0.25) is 0 Å². The molecule has 2 atom stereocenters. The van der Waals surface area contributed by atoms with Crippen LogP contribution in [0.1, 0.15) is 80.1 Å². The normalized spacial score (nSPS) is 27.0. The van der Waals surface area contributed by atoms with Crippen LogP contribution < -0.4 is 0 Å². The van der Waals surface area contributed by atoms with Gasteiger partial charge in [-0.05, 0) is 42.3 Å². The van der Waals surface area contributed by atoms with E-state index in [0.29, 0.717) is 10.2 Å². The average Bonchev–Trinajstić information content (AvgIpc) is 2.37. The molecule has 0 heterocycles. The van der Waals surface area contributed by atoms with Crippen LogP contribution in [0.5, 0.6) is 0 Å². The van der Waals surface area contributed by atoms with Gasteiger partial charge in [0.2, 0.25) is 0 Å². The lowest BCUT2D eigenvalue weighted by Gasteiger charge is -2.25. The standard InChI is InChI=1S/C17H34S/c1-16(2,3)12-14-8-7-9-15(11-10-14)13-18-17(4,5)6/h14-15H,7-13H2,1-6H3. The molecule has 1 saturated carbocycles. The number of hydrogen-bond acceptors (Lipinski definition) is 1. The van der Waals surface area contributed by atoms with E-state index >= 15 is 0 Å². The lowest BCUT2D eigenvalue weighted by Crippen LogP contribution is -2.14. The van der Waals surface area contributed by atoms with Crippen LogP contribution in [0.15, 0.2) is 0 Å². The molecular weight excluding hydrogens is 236 g/mol. The largest absolute Gasteiger partial charge is 0.156 e. The molecule has 0 aromatic carbocycles. The summed E-state index contributed by atoms with van der Waals surface area (Å²) in [6.45, 7) is 14.2. The fraction of sp³-hybridized carbons (Fsp3) is 1.00. The Hall–Kier alpha value is 0.350. The zero-order valence-electron chi connectivity index (χ0n) is 13.5. The summed E-state index contributed by atoms with van der Waals surface area (Å²) in [7, 11) is 0. The Morgan fingerprint density at radius 2 is 1.39 bits per heavy atom. The van der Waals surface area contributed by atoms with E-state index in [1.807, 2.05) is 0 Å². The van der Waals surface area contributed by atoms with E-state index < -0.39 is 0 Å². The molecule has 0 nitrogen and oxygen atoms in total. The molecule has 0 aliphatic heterocycles. The van der Waals surface area contributed by atoms with Gasteiger partial charge < -0.3 is 0 Å². The van der Waals surface area contributed by atoms with Gasteiger partial charge in [0.05, 0.1) is 0 Å². The van der Waals surface area contributed by atoms with Gasteiger partial charge in [-0.25, -0.2) is 0 Å². The highest BCUT2D eigenvalue weighted by atomic mass is 32.2. The summed E-state index contributed by atoms with van der Waals surface area (Å²) in [4.78, 5) is 0. The quantitative estimate of drug-likeness (QED) is 0.554. The van der Waals surface area contributed by atoms with Crippen molar-refractivity contribution >= 4 is 11.8 Å². The second-order valence-corrected chi connectivity index (χ2v) is 10.3. The molecule has 1 aliphatic carbocycles. The number of rotatable bonds is 3. The maximum atomic E-state index is 2.39. The molecule has 0 radical (unpaired) electrons. The van der Waals surface area contributed by atoms with Gasteiger partial charge in [-0.3, -0.25) is 0 Å². The molecule has 2 unspecified atom stereocenters. The maximum absolute atomic E-state index is 2.39. The van der Waals surface area contributed by atoms with E-state index in [0.717, 1.165) is 11.8 Å². The molecule has 0 aromatic heterocycles. The third kappa shape index (κ3) is 7.71. The van der Waals surface area contributed by atoms with Crippen LogP contribution in [0.25, 0.3) is 0 Å². The monoisotopic (exact) mass is 270 g/mol. The van der Waals surface area contributed by atoms with Crippen molar-refractivity contribution in [2.45, 2.75) is 84.8 Å². The Morgan fingerprint density at radius 1 is 0.833 bits per heavy atom. The van der Waals surface area contributed by atoms with Gasteiger partial charge in [-0.15, -0.1) is 0 Å².